The van der Waals surface area contributed by atoms with E-state index < -0.39 is 17.5 Å². The number of halogens is 3. The summed E-state index contributed by atoms with van der Waals surface area (Å²) in [6, 6.07) is 2.69. The first kappa shape index (κ1) is 11.3. The van der Waals surface area contributed by atoms with Crippen LogP contribution >= 0.6 is 0 Å². The van der Waals surface area contributed by atoms with Crippen LogP contribution in [0.3, 0.4) is 0 Å². The molecule has 0 saturated heterocycles. The first-order valence-electron chi connectivity index (χ1n) is 4.69. The van der Waals surface area contributed by atoms with Crippen molar-refractivity contribution in [2.24, 2.45) is 0 Å². The second-order valence-corrected chi connectivity index (χ2v) is 3.33. The molecular weight excluding hydrogens is 231 g/mol. The summed E-state index contributed by atoms with van der Waals surface area (Å²) in [5.74, 6) is -3.28. The molecule has 3 N–H and O–H groups in total. The van der Waals surface area contributed by atoms with Crippen molar-refractivity contribution < 1.29 is 13.2 Å². The summed E-state index contributed by atoms with van der Waals surface area (Å²) in [4.78, 5) is 3.75. The van der Waals surface area contributed by atoms with Gasteiger partial charge in [-0.15, -0.1) is 0 Å². The average molecular weight is 239 g/mol. The smallest absolute Gasteiger partial charge is 0.161 e. The topological polar surface area (TPSA) is 50.9 Å². The fraction of sp³-hybridized carbons (Fsp3) is 0. The number of benzene rings is 1. The Morgan fingerprint density at radius 2 is 1.71 bits per heavy atom. The minimum Gasteiger partial charge on any atom is -0.396 e. The molecule has 1 aromatic heterocycles. The summed E-state index contributed by atoms with van der Waals surface area (Å²) < 4.78 is 39.0. The van der Waals surface area contributed by atoms with E-state index in [-0.39, 0.29) is 11.4 Å². The Kier molecular flexibility index (Phi) is 2.86. The molecule has 0 bridgehead atoms. The van der Waals surface area contributed by atoms with E-state index in [4.69, 9.17) is 5.73 Å². The molecule has 3 nitrogen and oxygen atoms in total. The van der Waals surface area contributed by atoms with Crippen LogP contribution in [-0.4, -0.2) is 4.98 Å². The van der Waals surface area contributed by atoms with E-state index in [2.05, 4.69) is 10.3 Å². The Bertz CT molecular complexity index is 558. The van der Waals surface area contributed by atoms with Crippen LogP contribution in [0.2, 0.25) is 0 Å². The van der Waals surface area contributed by atoms with E-state index in [1.807, 2.05) is 0 Å². The number of nitrogens with one attached hydrogen (secondary N) is 1. The molecule has 0 unspecified atom stereocenters. The number of nitrogens with two attached hydrogens (primary N) is 1. The van der Waals surface area contributed by atoms with E-state index in [0.717, 1.165) is 6.07 Å². The van der Waals surface area contributed by atoms with Crippen molar-refractivity contribution in [3.8, 4) is 0 Å². The molecule has 2 aromatic rings. The molecule has 6 heteroatoms. The molecule has 0 aliphatic carbocycles. The zero-order valence-electron chi connectivity index (χ0n) is 8.55. The Labute approximate surface area is 95.1 Å². The minimum absolute atomic E-state index is 0.193. The number of aromatic nitrogens is 1. The lowest BCUT2D eigenvalue weighted by Crippen LogP contribution is -2.00. The highest BCUT2D eigenvalue weighted by molar-refractivity contribution is 5.71. The summed E-state index contributed by atoms with van der Waals surface area (Å²) in [5.41, 5.74) is 6.02. The first-order chi connectivity index (χ1) is 8.08. The molecule has 1 aromatic carbocycles. The number of nitrogens with zero attached hydrogens (tertiary/aromatic N) is 1. The third-order valence-electron chi connectivity index (χ3n) is 2.13. The van der Waals surface area contributed by atoms with Gasteiger partial charge < -0.3 is 11.1 Å². The Morgan fingerprint density at radius 3 is 2.41 bits per heavy atom. The number of pyridine rings is 1. The number of nitrogen functional groups attached to an aromatic ring is 1. The maximum absolute atomic E-state index is 13.3. The van der Waals surface area contributed by atoms with Gasteiger partial charge in [0.25, 0.3) is 0 Å². The largest absolute Gasteiger partial charge is 0.396 e. The lowest BCUT2D eigenvalue weighted by molar-refractivity contribution is 0.496. The van der Waals surface area contributed by atoms with E-state index in [1.165, 1.54) is 18.5 Å². The van der Waals surface area contributed by atoms with Gasteiger partial charge >= 0.3 is 0 Å². The maximum atomic E-state index is 13.3. The van der Waals surface area contributed by atoms with Gasteiger partial charge in [0.15, 0.2) is 11.6 Å². The van der Waals surface area contributed by atoms with E-state index in [9.17, 15) is 13.2 Å². The second kappa shape index (κ2) is 4.32. The lowest BCUT2D eigenvalue weighted by atomic mass is 10.2. The molecule has 0 radical (unpaired) electrons. The molecule has 17 heavy (non-hydrogen) atoms. The lowest BCUT2D eigenvalue weighted by Gasteiger charge is -2.09. The summed E-state index contributed by atoms with van der Waals surface area (Å²) in [7, 11) is 0. The Hall–Kier alpha value is -2.24. The van der Waals surface area contributed by atoms with E-state index in [1.54, 1.807) is 0 Å². The molecule has 0 aliphatic heterocycles. The number of hydrogen-bond acceptors (Lipinski definition) is 3. The normalized spacial score (nSPS) is 10.3. The van der Waals surface area contributed by atoms with Crippen molar-refractivity contribution in [2.75, 3.05) is 11.1 Å². The summed E-state index contributed by atoms with van der Waals surface area (Å²) in [6.07, 6.45) is 2.80. The number of anilines is 3. The Balaban J connectivity index is 2.37. The fourth-order valence-electron chi connectivity index (χ4n) is 1.28. The van der Waals surface area contributed by atoms with Gasteiger partial charge in [-0.3, -0.25) is 4.98 Å². The van der Waals surface area contributed by atoms with Crippen molar-refractivity contribution in [1.29, 1.82) is 0 Å². The van der Waals surface area contributed by atoms with Gasteiger partial charge in [-0.25, -0.2) is 13.2 Å². The molecule has 0 fully saturated rings. The van der Waals surface area contributed by atoms with Crippen molar-refractivity contribution in [2.45, 2.75) is 0 Å². The van der Waals surface area contributed by atoms with E-state index in [0.29, 0.717) is 11.8 Å². The molecule has 0 atom stereocenters. The molecule has 0 amide bonds. The van der Waals surface area contributed by atoms with Crippen molar-refractivity contribution in [1.82, 2.24) is 4.98 Å². The van der Waals surface area contributed by atoms with Crippen molar-refractivity contribution in [3.05, 3.63) is 48.0 Å². The van der Waals surface area contributed by atoms with Crippen LogP contribution in [0.1, 0.15) is 0 Å². The maximum Gasteiger partial charge on any atom is 0.161 e. The van der Waals surface area contributed by atoms with E-state index >= 15 is 0 Å². The van der Waals surface area contributed by atoms with Gasteiger partial charge in [0.1, 0.15) is 5.82 Å². The standard InChI is InChI=1S/C11H8F3N3/c12-6-3-8(14)11(4-7(6)13)17-10-1-2-16-5-9(10)15/h1-5H,15H2,(H,16,17). The van der Waals surface area contributed by atoms with Gasteiger partial charge in [-0.05, 0) is 6.07 Å². The summed E-state index contributed by atoms with van der Waals surface area (Å²) in [6.45, 7) is 0. The highest BCUT2D eigenvalue weighted by Crippen LogP contribution is 2.25. The summed E-state index contributed by atoms with van der Waals surface area (Å²) >= 11 is 0. The van der Waals surface area contributed by atoms with Crippen LogP contribution in [0, 0.1) is 17.5 Å². The van der Waals surface area contributed by atoms with Crippen LogP contribution in [-0.2, 0) is 0 Å². The van der Waals surface area contributed by atoms with Gasteiger partial charge in [-0.1, -0.05) is 0 Å². The highest BCUT2D eigenvalue weighted by Gasteiger charge is 2.10. The number of rotatable bonds is 2. The zero-order valence-corrected chi connectivity index (χ0v) is 8.55. The monoisotopic (exact) mass is 239 g/mol. The molecule has 0 spiro atoms. The third kappa shape index (κ3) is 2.30. The van der Waals surface area contributed by atoms with Crippen LogP contribution < -0.4 is 11.1 Å². The molecule has 2 rings (SSSR count). The highest BCUT2D eigenvalue weighted by atomic mass is 19.2. The van der Waals surface area contributed by atoms with Gasteiger partial charge in [0.05, 0.1) is 23.3 Å². The van der Waals surface area contributed by atoms with Gasteiger partial charge in [0.2, 0.25) is 0 Å². The fourth-order valence-corrected chi connectivity index (χ4v) is 1.28. The second-order valence-electron chi connectivity index (χ2n) is 3.33. The SMILES string of the molecule is Nc1cnccc1Nc1cc(F)c(F)cc1F. The molecule has 0 aliphatic rings. The minimum atomic E-state index is -1.24. The van der Waals surface area contributed by atoms with Crippen molar-refractivity contribution in [3.63, 3.8) is 0 Å². The van der Waals surface area contributed by atoms with Crippen molar-refractivity contribution >= 4 is 17.1 Å². The van der Waals surface area contributed by atoms with Crippen LogP contribution in [0.5, 0.6) is 0 Å². The molecule has 88 valence electrons. The van der Waals surface area contributed by atoms with Crippen LogP contribution in [0.15, 0.2) is 30.6 Å². The molecule has 1 heterocycles. The first-order valence-corrected chi connectivity index (χ1v) is 4.69. The zero-order chi connectivity index (χ0) is 12.4. The predicted octanol–water partition coefficient (Wildman–Crippen LogP) is 2.82. The number of hydrogen-bond donors (Lipinski definition) is 2. The Morgan fingerprint density at radius 1 is 1.00 bits per heavy atom. The third-order valence-corrected chi connectivity index (χ3v) is 2.13. The molecule has 0 saturated carbocycles. The summed E-state index contributed by atoms with van der Waals surface area (Å²) in [5, 5.41) is 2.56. The van der Waals surface area contributed by atoms with Crippen LogP contribution in [0.4, 0.5) is 30.2 Å². The average Bonchev–Trinajstić information content (AvgIpc) is 2.29. The van der Waals surface area contributed by atoms with Crippen LogP contribution in [0.25, 0.3) is 0 Å². The van der Waals surface area contributed by atoms with Gasteiger partial charge in [0, 0.05) is 18.3 Å². The quantitative estimate of drug-likeness (QED) is 0.792. The van der Waals surface area contributed by atoms with Gasteiger partial charge in [-0.2, -0.15) is 0 Å². The molecular formula is C11H8F3N3. The predicted molar refractivity (Wildman–Crippen MR) is 58.2 cm³/mol.